The molecule has 0 spiro atoms. The van der Waals surface area contributed by atoms with Gasteiger partial charge in [-0.1, -0.05) is 0 Å². The predicted octanol–water partition coefficient (Wildman–Crippen LogP) is 1.30. The van der Waals surface area contributed by atoms with Gasteiger partial charge in [0.15, 0.2) is 5.82 Å². The number of piperidine rings is 1. The molecule has 1 aliphatic heterocycles. The van der Waals surface area contributed by atoms with E-state index in [1.165, 1.54) is 6.20 Å². The molecule has 27 heavy (non-hydrogen) atoms. The third-order valence-electron chi connectivity index (χ3n) is 4.97. The minimum absolute atomic E-state index is 0.0922. The molecule has 0 atom stereocenters. The molecule has 2 N–H and O–H groups in total. The van der Waals surface area contributed by atoms with Crippen molar-refractivity contribution in [3.8, 4) is 0 Å². The van der Waals surface area contributed by atoms with Gasteiger partial charge in [-0.15, -0.1) is 0 Å². The van der Waals surface area contributed by atoms with E-state index in [4.69, 9.17) is 0 Å². The maximum absolute atomic E-state index is 12.2. The number of likely N-dealkylation sites (tertiary alicyclic amines) is 1. The van der Waals surface area contributed by atoms with Crippen molar-refractivity contribution < 1.29 is 9.59 Å². The largest absolute Gasteiger partial charge is 0.311 e. The quantitative estimate of drug-likeness (QED) is 0.795. The van der Waals surface area contributed by atoms with E-state index in [-0.39, 0.29) is 23.8 Å². The molecular formula is C18H23N7O2. The van der Waals surface area contributed by atoms with E-state index in [0.717, 1.165) is 44.6 Å². The topological polar surface area (TPSA) is 105 Å². The van der Waals surface area contributed by atoms with Crippen LogP contribution in [0.2, 0.25) is 0 Å². The minimum Gasteiger partial charge on any atom is -0.311 e. The summed E-state index contributed by atoms with van der Waals surface area (Å²) in [5, 5.41) is 10.2. The lowest BCUT2D eigenvalue weighted by atomic mass is 10.1. The monoisotopic (exact) mass is 369 g/mol. The summed E-state index contributed by atoms with van der Waals surface area (Å²) < 4.78 is 1.91. The van der Waals surface area contributed by atoms with Crippen LogP contribution in [0.15, 0.2) is 30.9 Å². The van der Waals surface area contributed by atoms with Gasteiger partial charge in [0.2, 0.25) is 11.8 Å². The lowest BCUT2D eigenvalue weighted by molar-refractivity contribution is -0.118. The minimum atomic E-state index is -0.0922. The van der Waals surface area contributed by atoms with Crippen LogP contribution in [0.25, 0.3) is 0 Å². The number of carbonyl (C=O) groups excluding carboxylic acids is 2. The first kappa shape index (κ1) is 17.6. The summed E-state index contributed by atoms with van der Waals surface area (Å²) in [6.07, 6.45) is 10.1. The number of carbonyl (C=O) groups is 2. The number of nitrogens with one attached hydrogen (secondary N) is 2. The summed E-state index contributed by atoms with van der Waals surface area (Å²) in [6, 6.07) is 2.08. The van der Waals surface area contributed by atoms with E-state index in [9.17, 15) is 9.59 Å². The molecule has 9 heteroatoms. The van der Waals surface area contributed by atoms with Crippen molar-refractivity contribution in [1.29, 1.82) is 0 Å². The van der Waals surface area contributed by atoms with Gasteiger partial charge in [0.05, 0.1) is 25.0 Å². The Morgan fingerprint density at radius 3 is 2.59 bits per heavy atom. The molecule has 0 radical (unpaired) electrons. The number of hydrogen-bond donors (Lipinski definition) is 2. The zero-order valence-electron chi connectivity index (χ0n) is 15.0. The van der Waals surface area contributed by atoms with E-state index in [1.54, 1.807) is 18.6 Å². The van der Waals surface area contributed by atoms with E-state index in [0.29, 0.717) is 12.4 Å². The number of amides is 2. The Labute approximate surface area is 157 Å². The Morgan fingerprint density at radius 2 is 1.89 bits per heavy atom. The summed E-state index contributed by atoms with van der Waals surface area (Å²) >= 11 is 0. The second-order valence-corrected chi connectivity index (χ2v) is 7.07. The summed E-state index contributed by atoms with van der Waals surface area (Å²) in [7, 11) is 0. The molecule has 1 saturated heterocycles. The highest BCUT2D eigenvalue weighted by Gasteiger charge is 2.31. The van der Waals surface area contributed by atoms with Gasteiger partial charge in [-0.05, 0) is 25.7 Å². The van der Waals surface area contributed by atoms with Gasteiger partial charge in [0, 0.05) is 37.5 Å². The SMILES string of the molecule is O=C(CN1CCC(n2nccc2NC(=O)C2CC2)CC1)Nc1cnccn1. The second-order valence-electron chi connectivity index (χ2n) is 7.07. The number of nitrogens with zero attached hydrogens (tertiary/aromatic N) is 5. The Hall–Kier alpha value is -2.81. The van der Waals surface area contributed by atoms with Gasteiger partial charge in [0.25, 0.3) is 0 Å². The van der Waals surface area contributed by atoms with Crippen LogP contribution >= 0.6 is 0 Å². The molecule has 2 fully saturated rings. The molecule has 9 nitrogen and oxygen atoms in total. The molecule has 0 unspecified atom stereocenters. The van der Waals surface area contributed by atoms with Crippen LogP contribution in [0.1, 0.15) is 31.7 Å². The Kier molecular flexibility index (Phi) is 5.10. The highest BCUT2D eigenvalue weighted by molar-refractivity contribution is 5.93. The first-order valence-electron chi connectivity index (χ1n) is 9.31. The van der Waals surface area contributed by atoms with Crippen molar-refractivity contribution in [3.05, 3.63) is 30.9 Å². The van der Waals surface area contributed by atoms with Gasteiger partial charge in [-0.2, -0.15) is 5.10 Å². The van der Waals surface area contributed by atoms with Crippen LogP contribution < -0.4 is 10.6 Å². The van der Waals surface area contributed by atoms with Crippen LogP contribution in [0, 0.1) is 5.92 Å². The fraction of sp³-hybridized carbons (Fsp3) is 0.500. The first-order valence-corrected chi connectivity index (χ1v) is 9.31. The summed E-state index contributed by atoms with van der Waals surface area (Å²) in [5.74, 6) is 1.40. The fourth-order valence-electron chi connectivity index (χ4n) is 3.35. The zero-order valence-corrected chi connectivity index (χ0v) is 15.0. The normalized spacial score (nSPS) is 18.2. The molecule has 4 rings (SSSR count). The third-order valence-corrected chi connectivity index (χ3v) is 4.97. The highest BCUT2D eigenvalue weighted by Crippen LogP contribution is 2.31. The van der Waals surface area contributed by atoms with Crippen LogP contribution in [0.3, 0.4) is 0 Å². The number of hydrogen-bond acceptors (Lipinski definition) is 6. The van der Waals surface area contributed by atoms with Gasteiger partial charge in [-0.25, -0.2) is 9.67 Å². The van der Waals surface area contributed by atoms with Gasteiger partial charge < -0.3 is 10.6 Å². The van der Waals surface area contributed by atoms with Crippen molar-refractivity contribution in [2.75, 3.05) is 30.3 Å². The third kappa shape index (κ3) is 4.48. The smallest absolute Gasteiger partial charge is 0.239 e. The molecular weight excluding hydrogens is 346 g/mol. The number of rotatable bonds is 6. The van der Waals surface area contributed by atoms with Crippen molar-refractivity contribution in [1.82, 2.24) is 24.6 Å². The first-order chi connectivity index (χ1) is 13.2. The van der Waals surface area contributed by atoms with E-state index in [2.05, 4.69) is 30.6 Å². The molecule has 2 amide bonds. The fourth-order valence-corrected chi connectivity index (χ4v) is 3.35. The molecule has 1 aliphatic carbocycles. The lowest BCUT2D eigenvalue weighted by Crippen LogP contribution is -2.40. The number of aromatic nitrogens is 4. The molecule has 2 aromatic rings. The highest BCUT2D eigenvalue weighted by atomic mass is 16.2. The average Bonchev–Trinajstić information content (AvgIpc) is 3.43. The second kappa shape index (κ2) is 7.83. The Morgan fingerprint density at radius 1 is 1.07 bits per heavy atom. The maximum atomic E-state index is 12.2. The van der Waals surface area contributed by atoms with Gasteiger partial charge in [-0.3, -0.25) is 19.5 Å². The summed E-state index contributed by atoms with van der Waals surface area (Å²) in [5.41, 5.74) is 0. The van der Waals surface area contributed by atoms with Crippen LogP contribution in [0.4, 0.5) is 11.6 Å². The van der Waals surface area contributed by atoms with Gasteiger partial charge >= 0.3 is 0 Å². The molecule has 3 heterocycles. The van der Waals surface area contributed by atoms with E-state index < -0.39 is 0 Å². The van der Waals surface area contributed by atoms with Gasteiger partial charge in [0.1, 0.15) is 5.82 Å². The van der Waals surface area contributed by atoms with Crippen LogP contribution in [0.5, 0.6) is 0 Å². The molecule has 0 bridgehead atoms. The van der Waals surface area contributed by atoms with Crippen LogP contribution in [-0.2, 0) is 9.59 Å². The number of anilines is 2. The predicted molar refractivity (Wildman–Crippen MR) is 99.0 cm³/mol. The maximum Gasteiger partial charge on any atom is 0.239 e. The van der Waals surface area contributed by atoms with Crippen molar-refractivity contribution in [3.63, 3.8) is 0 Å². The molecule has 1 saturated carbocycles. The van der Waals surface area contributed by atoms with Crippen molar-refractivity contribution in [2.45, 2.75) is 31.7 Å². The molecule has 0 aromatic carbocycles. The van der Waals surface area contributed by atoms with Crippen molar-refractivity contribution in [2.24, 2.45) is 5.92 Å². The Balaban J connectivity index is 1.27. The standard InChI is InChI=1S/C18H23N7O2/c26-17(22-15-11-19-7-8-20-15)12-24-9-4-14(5-10-24)25-16(3-6-21-25)23-18(27)13-1-2-13/h3,6-8,11,13-14H,1-2,4-5,9-10,12H2,(H,23,27)(H,20,22,26). The molecule has 2 aliphatic rings. The van der Waals surface area contributed by atoms with E-state index >= 15 is 0 Å². The average molecular weight is 369 g/mol. The molecule has 142 valence electrons. The summed E-state index contributed by atoms with van der Waals surface area (Å²) in [6.45, 7) is 1.93. The lowest BCUT2D eigenvalue weighted by Gasteiger charge is -2.32. The Bertz CT molecular complexity index is 795. The zero-order chi connectivity index (χ0) is 18.6. The van der Waals surface area contributed by atoms with Crippen molar-refractivity contribution >= 4 is 23.5 Å². The molecule has 2 aromatic heterocycles. The van der Waals surface area contributed by atoms with Crippen LogP contribution in [-0.4, -0.2) is 56.1 Å². The summed E-state index contributed by atoms with van der Waals surface area (Å²) in [4.78, 5) is 34.3. The van der Waals surface area contributed by atoms with E-state index in [1.807, 2.05) is 10.7 Å².